The summed E-state index contributed by atoms with van der Waals surface area (Å²) in [5.41, 5.74) is 1.16. The van der Waals surface area contributed by atoms with Crippen LogP contribution in [0.15, 0.2) is 30.3 Å². The van der Waals surface area contributed by atoms with E-state index in [9.17, 15) is 5.11 Å². The average molecular weight is 276 g/mol. The van der Waals surface area contributed by atoms with Crippen LogP contribution in [0.5, 0.6) is 0 Å². The van der Waals surface area contributed by atoms with Crippen LogP contribution in [-0.4, -0.2) is 30.3 Å². The van der Waals surface area contributed by atoms with E-state index in [4.69, 9.17) is 0 Å². The molecule has 0 aliphatic carbocycles. The Morgan fingerprint density at radius 1 is 1.25 bits per heavy atom. The van der Waals surface area contributed by atoms with Gasteiger partial charge in [-0.15, -0.1) is 0 Å². The number of nitrogens with one attached hydrogen (secondary N) is 2. The first-order chi connectivity index (χ1) is 9.79. The molecule has 1 aromatic rings. The van der Waals surface area contributed by atoms with Crippen LogP contribution in [0.2, 0.25) is 0 Å². The number of aliphatic hydroxyl groups excluding tert-OH is 1. The van der Waals surface area contributed by atoms with Crippen LogP contribution in [0, 0.1) is 0 Å². The number of rotatable bonds is 6. The number of hydrogen-bond acceptors (Lipinski definition) is 3. The van der Waals surface area contributed by atoms with Crippen molar-refractivity contribution >= 4 is 0 Å². The summed E-state index contributed by atoms with van der Waals surface area (Å²) in [5, 5.41) is 16.8. The summed E-state index contributed by atoms with van der Waals surface area (Å²) in [7, 11) is 0. The van der Waals surface area contributed by atoms with Crippen LogP contribution in [0.4, 0.5) is 0 Å². The SMILES string of the molecule is CC(CC1CCCCCN1)N[C@H](CO)c1ccccc1. The van der Waals surface area contributed by atoms with E-state index in [0.29, 0.717) is 12.1 Å². The minimum atomic E-state index is 0.0389. The topological polar surface area (TPSA) is 44.3 Å². The second-order valence-electron chi connectivity index (χ2n) is 5.95. The molecule has 1 heterocycles. The molecule has 1 aliphatic heterocycles. The Hall–Kier alpha value is -0.900. The lowest BCUT2D eigenvalue weighted by molar-refractivity contribution is 0.229. The highest BCUT2D eigenvalue weighted by atomic mass is 16.3. The molecule has 3 heteroatoms. The maximum Gasteiger partial charge on any atom is 0.0626 e. The van der Waals surface area contributed by atoms with Crippen molar-refractivity contribution < 1.29 is 5.11 Å². The molecule has 1 aromatic carbocycles. The third-order valence-corrected chi connectivity index (χ3v) is 4.17. The molecule has 2 rings (SSSR count). The third kappa shape index (κ3) is 4.89. The second kappa shape index (κ2) is 8.40. The quantitative estimate of drug-likeness (QED) is 0.748. The highest BCUT2D eigenvalue weighted by Gasteiger charge is 2.18. The largest absolute Gasteiger partial charge is 0.394 e. The van der Waals surface area contributed by atoms with E-state index in [2.05, 4.69) is 29.7 Å². The molecule has 0 aromatic heterocycles. The second-order valence-corrected chi connectivity index (χ2v) is 5.95. The van der Waals surface area contributed by atoms with E-state index in [0.717, 1.165) is 18.5 Å². The molecule has 3 atom stereocenters. The smallest absolute Gasteiger partial charge is 0.0626 e. The summed E-state index contributed by atoms with van der Waals surface area (Å²) < 4.78 is 0. The minimum absolute atomic E-state index is 0.0389. The summed E-state index contributed by atoms with van der Waals surface area (Å²) in [5.74, 6) is 0. The molecule has 112 valence electrons. The first-order valence-electron chi connectivity index (χ1n) is 7.95. The average Bonchev–Trinajstić information content (AvgIpc) is 2.74. The molecular formula is C17H28N2O. The lowest BCUT2D eigenvalue weighted by Crippen LogP contribution is -2.39. The van der Waals surface area contributed by atoms with Gasteiger partial charge in [0.1, 0.15) is 0 Å². The maximum atomic E-state index is 9.60. The molecule has 3 N–H and O–H groups in total. The summed E-state index contributed by atoms with van der Waals surface area (Å²) in [6.07, 6.45) is 6.41. The highest BCUT2D eigenvalue weighted by molar-refractivity contribution is 5.19. The summed E-state index contributed by atoms with van der Waals surface area (Å²) in [4.78, 5) is 0. The molecule has 2 unspecified atom stereocenters. The normalized spacial score (nSPS) is 23.0. The molecule has 0 amide bonds. The van der Waals surface area contributed by atoms with E-state index in [-0.39, 0.29) is 12.6 Å². The fourth-order valence-electron chi connectivity index (χ4n) is 3.08. The monoisotopic (exact) mass is 276 g/mol. The van der Waals surface area contributed by atoms with Gasteiger partial charge in [0.2, 0.25) is 0 Å². The predicted octanol–water partition coefficient (Wildman–Crippen LogP) is 2.62. The van der Waals surface area contributed by atoms with Crippen molar-refractivity contribution in [1.82, 2.24) is 10.6 Å². The van der Waals surface area contributed by atoms with Crippen molar-refractivity contribution in [3.05, 3.63) is 35.9 Å². The van der Waals surface area contributed by atoms with Crippen molar-refractivity contribution in [3.8, 4) is 0 Å². The summed E-state index contributed by atoms with van der Waals surface area (Å²) in [6.45, 7) is 3.52. The van der Waals surface area contributed by atoms with Crippen LogP contribution in [0.3, 0.4) is 0 Å². The number of benzene rings is 1. The molecular weight excluding hydrogens is 248 g/mol. The van der Waals surface area contributed by atoms with Gasteiger partial charge in [0.15, 0.2) is 0 Å². The molecule has 3 nitrogen and oxygen atoms in total. The fourth-order valence-corrected chi connectivity index (χ4v) is 3.08. The lowest BCUT2D eigenvalue weighted by atomic mass is 10.0. The maximum absolute atomic E-state index is 9.60. The fraction of sp³-hybridized carbons (Fsp3) is 0.647. The van der Waals surface area contributed by atoms with Gasteiger partial charge in [-0.2, -0.15) is 0 Å². The van der Waals surface area contributed by atoms with Crippen LogP contribution >= 0.6 is 0 Å². The van der Waals surface area contributed by atoms with Gasteiger partial charge < -0.3 is 15.7 Å². The first-order valence-corrected chi connectivity index (χ1v) is 7.95. The van der Waals surface area contributed by atoms with Crippen molar-refractivity contribution in [2.75, 3.05) is 13.2 Å². The van der Waals surface area contributed by atoms with E-state index in [1.807, 2.05) is 18.2 Å². The van der Waals surface area contributed by atoms with Crippen molar-refractivity contribution in [1.29, 1.82) is 0 Å². The standard InChI is InChI=1S/C17H28N2O/c1-14(12-16-10-6-3-7-11-18-16)19-17(13-20)15-8-4-2-5-9-15/h2,4-5,8-9,14,16-20H,3,6-7,10-13H2,1H3/t14?,16?,17-/m1/s1. The van der Waals surface area contributed by atoms with E-state index in [1.165, 1.54) is 25.7 Å². The van der Waals surface area contributed by atoms with E-state index < -0.39 is 0 Å². The molecule has 0 bridgehead atoms. The van der Waals surface area contributed by atoms with Crippen molar-refractivity contribution in [3.63, 3.8) is 0 Å². The summed E-state index contributed by atoms with van der Waals surface area (Å²) >= 11 is 0. The summed E-state index contributed by atoms with van der Waals surface area (Å²) in [6, 6.07) is 11.3. The first kappa shape index (κ1) is 15.5. The van der Waals surface area contributed by atoms with Crippen LogP contribution < -0.4 is 10.6 Å². The van der Waals surface area contributed by atoms with Gasteiger partial charge in [-0.1, -0.05) is 43.2 Å². The molecule has 0 radical (unpaired) electrons. The van der Waals surface area contributed by atoms with Gasteiger partial charge in [-0.3, -0.25) is 0 Å². The predicted molar refractivity (Wildman–Crippen MR) is 83.7 cm³/mol. The lowest BCUT2D eigenvalue weighted by Gasteiger charge is -2.26. The Morgan fingerprint density at radius 3 is 2.80 bits per heavy atom. The molecule has 20 heavy (non-hydrogen) atoms. The Bertz CT molecular complexity index is 361. The van der Waals surface area contributed by atoms with Gasteiger partial charge in [0.05, 0.1) is 12.6 Å². The van der Waals surface area contributed by atoms with Gasteiger partial charge in [0.25, 0.3) is 0 Å². The van der Waals surface area contributed by atoms with Crippen LogP contribution in [0.25, 0.3) is 0 Å². The zero-order valence-corrected chi connectivity index (χ0v) is 12.5. The molecule has 0 saturated carbocycles. The molecule has 0 spiro atoms. The van der Waals surface area contributed by atoms with E-state index in [1.54, 1.807) is 0 Å². The van der Waals surface area contributed by atoms with Gasteiger partial charge >= 0.3 is 0 Å². The highest BCUT2D eigenvalue weighted by Crippen LogP contribution is 2.16. The third-order valence-electron chi connectivity index (χ3n) is 4.17. The molecule has 1 fully saturated rings. The molecule has 1 aliphatic rings. The number of hydrogen-bond donors (Lipinski definition) is 3. The Labute approximate surface area is 122 Å². The van der Waals surface area contributed by atoms with Crippen LogP contribution in [-0.2, 0) is 0 Å². The minimum Gasteiger partial charge on any atom is -0.394 e. The van der Waals surface area contributed by atoms with Crippen LogP contribution in [0.1, 0.15) is 50.6 Å². The van der Waals surface area contributed by atoms with Gasteiger partial charge in [-0.25, -0.2) is 0 Å². The Kier molecular flexibility index (Phi) is 6.51. The van der Waals surface area contributed by atoms with Crippen molar-refractivity contribution in [2.24, 2.45) is 0 Å². The van der Waals surface area contributed by atoms with Crippen molar-refractivity contribution in [2.45, 2.75) is 57.2 Å². The Morgan fingerprint density at radius 2 is 2.05 bits per heavy atom. The zero-order chi connectivity index (χ0) is 14.2. The van der Waals surface area contributed by atoms with Gasteiger partial charge in [-0.05, 0) is 38.3 Å². The zero-order valence-electron chi connectivity index (χ0n) is 12.5. The van der Waals surface area contributed by atoms with E-state index >= 15 is 0 Å². The Balaban J connectivity index is 1.84. The molecule has 1 saturated heterocycles. The number of aliphatic hydroxyl groups is 1. The van der Waals surface area contributed by atoms with Gasteiger partial charge in [0, 0.05) is 12.1 Å².